The Morgan fingerprint density at radius 3 is 2.88 bits per heavy atom. The lowest BCUT2D eigenvalue weighted by Crippen LogP contribution is -2.62. The predicted octanol–water partition coefficient (Wildman–Crippen LogP) is 2.35. The fraction of sp³-hybridized carbons (Fsp3) is 0.789. The van der Waals surface area contributed by atoms with Crippen molar-refractivity contribution in [2.45, 2.75) is 64.5 Å². The lowest BCUT2D eigenvalue weighted by Gasteiger charge is -2.48. The van der Waals surface area contributed by atoms with Crippen LogP contribution in [0.15, 0.2) is 0 Å². The van der Waals surface area contributed by atoms with Gasteiger partial charge in [0.1, 0.15) is 0 Å². The first-order valence-corrected chi connectivity index (χ1v) is 9.71. The van der Waals surface area contributed by atoms with Gasteiger partial charge >= 0.3 is 0 Å². The maximum Gasteiger partial charge on any atom is 0.225 e. The number of aryl methyl sites for hydroxylation is 2. The molecular formula is C19H30N4O. The molecule has 0 saturated carbocycles. The van der Waals surface area contributed by atoms with E-state index >= 15 is 0 Å². The maximum absolute atomic E-state index is 5.89. The van der Waals surface area contributed by atoms with Gasteiger partial charge in [-0.05, 0) is 44.6 Å². The molecule has 24 heavy (non-hydrogen) atoms. The molecule has 1 aromatic heterocycles. The molecule has 3 aliphatic rings. The molecule has 0 radical (unpaired) electrons. The molecule has 2 atom stereocenters. The molecule has 5 heteroatoms. The topological polar surface area (TPSA) is 41.5 Å². The summed E-state index contributed by atoms with van der Waals surface area (Å²) < 4.78 is 5.89. The van der Waals surface area contributed by atoms with Crippen LogP contribution in [0.5, 0.6) is 0 Å². The number of anilines is 1. The number of piperazine rings is 1. The van der Waals surface area contributed by atoms with E-state index in [9.17, 15) is 0 Å². The molecule has 0 N–H and O–H groups in total. The Balaban J connectivity index is 1.51. The van der Waals surface area contributed by atoms with Gasteiger partial charge in [0.25, 0.3) is 0 Å². The van der Waals surface area contributed by atoms with Gasteiger partial charge in [0.15, 0.2) is 0 Å². The monoisotopic (exact) mass is 330 g/mol. The van der Waals surface area contributed by atoms with E-state index in [-0.39, 0.29) is 0 Å². The summed E-state index contributed by atoms with van der Waals surface area (Å²) in [6.07, 6.45) is 7.31. The van der Waals surface area contributed by atoms with Gasteiger partial charge in [0.05, 0.1) is 19.3 Å². The van der Waals surface area contributed by atoms with Gasteiger partial charge in [-0.2, -0.15) is 0 Å². The minimum absolute atomic E-state index is 0.490. The fourth-order valence-corrected chi connectivity index (χ4v) is 4.61. The van der Waals surface area contributed by atoms with E-state index in [1.807, 2.05) is 0 Å². The standard InChI is InChI=1S/C19H30N4O/c1-3-6-15-12-24-13-16-11-22(9-10-23(15)16)19-20-14(2)17-7-4-5-8-18(17)21-19/h15-16H,3-13H2,1-2H3/t15-,16+/m0/s1. The number of aromatic nitrogens is 2. The Labute approximate surface area is 145 Å². The van der Waals surface area contributed by atoms with E-state index in [0.717, 1.165) is 51.6 Å². The molecule has 0 spiro atoms. The van der Waals surface area contributed by atoms with Crippen molar-refractivity contribution >= 4 is 5.95 Å². The first-order valence-electron chi connectivity index (χ1n) is 9.71. The molecule has 4 rings (SSSR count). The first kappa shape index (κ1) is 16.3. The summed E-state index contributed by atoms with van der Waals surface area (Å²) >= 11 is 0. The highest BCUT2D eigenvalue weighted by Gasteiger charge is 2.36. The van der Waals surface area contributed by atoms with Crippen molar-refractivity contribution in [3.05, 3.63) is 17.0 Å². The zero-order valence-electron chi connectivity index (χ0n) is 15.1. The van der Waals surface area contributed by atoms with Crippen LogP contribution in [0.3, 0.4) is 0 Å². The summed E-state index contributed by atoms with van der Waals surface area (Å²) in [4.78, 5) is 14.9. The Morgan fingerprint density at radius 1 is 1.12 bits per heavy atom. The molecule has 0 amide bonds. The second-order valence-corrected chi connectivity index (χ2v) is 7.56. The number of nitrogens with zero attached hydrogens (tertiary/aromatic N) is 4. The highest BCUT2D eigenvalue weighted by molar-refractivity contribution is 5.39. The van der Waals surface area contributed by atoms with Crippen molar-refractivity contribution in [2.24, 2.45) is 0 Å². The first-order chi connectivity index (χ1) is 11.8. The van der Waals surface area contributed by atoms with E-state index in [0.29, 0.717) is 12.1 Å². The van der Waals surface area contributed by atoms with Gasteiger partial charge in [-0.1, -0.05) is 13.3 Å². The highest BCUT2D eigenvalue weighted by Crippen LogP contribution is 2.27. The van der Waals surface area contributed by atoms with Crippen LogP contribution in [-0.2, 0) is 17.6 Å². The largest absolute Gasteiger partial charge is 0.378 e. The van der Waals surface area contributed by atoms with Crippen molar-refractivity contribution in [1.29, 1.82) is 0 Å². The van der Waals surface area contributed by atoms with Crippen LogP contribution in [-0.4, -0.2) is 59.8 Å². The zero-order valence-corrected chi connectivity index (χ0v) is 15.1. The summed E-state index contributed by atoms with van der Waals surface area (Å²) in [5.41, 5.74) is 3.91. The van der Waals surface area contributed by atoms with Crippen LogP contribution in [0.25, 0.3) is 0 Å². The molecule has 0 aromatic carbocycles. The molecular weight excluding hydrogens is 300 g/mol. The third-order valence-electron chi connectivity index (χ3n) is 5.90. The van der Waals surface area contributed by atoms with Gasteiger partial charge in [-0.15, -0.1) is 0 Å². The number of rotatable bonds is 3. The smallest absolute Gasteiger partial charge is 0.225 e. The SMILES string of the molecule is CCC[C@H]1COC[C@H]2CN(c3nc(C)c4c(n3)CCCC4)CCN12. The van der Waals surface area contributed by atoms with E-state index in [1.54, 1.807) is 0 Å². The lowest BCUT2D eigenvalue weighted by molar-refractivity contribution is -0.0559. The van der Waals surface area contributed by atoms with E-state index in [4.69, 9.17) is 14.7 Å². The van der Waals surface area contributed by atoms with Crippen LogP contribution in [0.2, 0.25) is 0 Å². The summed E-state index contributed by atoms with van der Waals surface area (Å²) in [6, 6.07) is 1.09. The highest BCUT2D eigenvalue weighted by atomic mass is 16.5. The van der Waals surface area contributed by atoms with Crippen LogP contribution in [0, 0.1) is 6.92 Å². The minimum Gasteiger partial charge on any atom is -0.378 e. The minimum atomic E-state index is 0.490. The van der Waals surface area contributed by atoms with Crippen LogP contribution >= 0.6 is 0 Å². The third-order valence-corrected chi connectivity index (χ3v) is 5.90. The second kappa shape index (κ2) is 6.96. The fourth-order valence-electron chi connectivity index (χ4n) is 4.61. The average molecular weight is 330 g/mol. The average Bonchev–Trinajstić information content (AvgIpc) is 2.62. The number of hydrogen-bond donors (Lipinski definition) is 0. The number of morpholine rings is 1. The van der Waals surface area contributed by atoms with Crippen molar-refractivity contribution in [3.8, 4) is 0 Å². The number of fused-ring (bicyclic) bond motifs is 2. The second-order valence-electron chi connectivity index (χ2n) is 7.56. The van der Waals surface area contributed by atoms with Crippen molar-refractivity contribution in [2.75, 3.05) is 37.7 Å². The van der Waals surface area contributed by atoms with Gasteiger partial charge in [0, 0.05) is 37.1 Å². The Kier molecular flexibility index (Phi) is 4.72. The molecule has 2 fully saturated rings. The van der Waals surface area contributed by atoms with E-state index < -0.39 is 0 Å². The molecule has 5 nitrogen and oxygen atoms in total. The van der Waals surface area contributed by atoms with Crippen molar-refractivity contribution < 1.29 is 4.74 Å². The van der Waals surface area contributed by atoms with Gasteiger partial charge in [0.2, 0.25) is 5.95 Å². The predicted molar refractivity (Wildman–Crippen MR) is 95.6 cm³/mol. The molecule has 2 aliphatic heterocycles. The summed E-state index contributed by atoms with van der Waals surface area (Å²) in [5.74, 6) is 0.949. The van der Waals surface area contributed by atoms with Gasteiger partial charge in [-0.3, -0.25) is 4.90 Å². The zero-order chi connectivity index (χ0) is 16.5. The van der Waals surface area contributed by atoms with Crippen molar-refractivity contribution in [1.82, 2.24) is 14.9 Å². The molecule has 3 heterocycles. The Hall–Kier alpha value is -1.20. The lowest BCUT2D eigenvalue weighted by atomic mass is 9.95. The summed E-state index contributed by atoms with van der Waals surface area (Å²) in [6.45, 7) is 9.32. The van der Waals surface area contributed by atoms with E-state index in [2.05, 4.69) is 23.6 Å². The van der Waals surface area contributed by atoms with E-state index in [1.165, 1.54) is 42.6 Å². The molecule has 2 saturated heterocycles. The Bertz CT molecular complexity index is 589. The molecule has 1 aliphatic carbocycles. The molecule has 0 unspecified atom stereocenters. The Morgan fingerprint density at radius 2 is 2.00 bits per heavy atom. The van der Waals surface area contributed by atoms with Gasteiger partial charge < -0.3 is 9.64 Å². The van der Waals surface area contributed by atoms with Crippen LogP contribution in [0.4, 0.5) is 5.95 Å². The third kappa shape index (κ3) is 3.04. The number of hydrogen-bond acceptors (Lipinski definition) is 5. The number of ether oxygens (including phenoxy) is 1. The molecule has 0 bridgehead atoms. The summed E-state index contributed by atoms with van der Waals surface area (Å²) in [5, 5.41) is 0. The maximum atomic E-state index is 5.89. The molecule has 1 aromatic rings. The van der Waals surface area contributed by atoms with Crippen LogP contribution < -0.4 is 4.90 Å². The normalized spacial score (nSPS) is 27.7. The van der Waals surface area contributed by atoms with Crippen molar-refractivity contribution in [3.63, 3.8) is 0 Å². The molecule has 132 valence electrons. The summed E-state index contributed by atoms with van der Waals surface area (Å²) in [7, 11) is 0. The quantitative estimate of drug-likeness (QED) is 0.851. The van der Waals surface area contributed by atoms with Gasteiger partial charge in [-0.25, -0.2) is 9.97 Å². The van der Waals surface area contributed by atoms with Crippen LogP contribution in [0.1, 0.15) is 49.6 Å².